The van der Waals surface area contributed by atoms with Crippen molar-refractivity contribution in [1.29, 1.82) is 0 Å². The fourth-order valence-corrected chi connectivity index (χ4v) is 4.09. The summed E-state index contributed by atoms with van der Waals surface area (Å²) in [6.45, 7) is 1.92. The highest BCUT2D eigenvalue weighted by atomic mass is 32.2. The zero-order chi connectivity index (χ0) is 13.3. The first kappa shape index (κ1) is 13.0. The third kappa shape index (κ3) is 2.78. The number of rotatable bonds is 1. The molecule has 0 atom stereocenters. The molecule has 1 spiro atoms. The minimum absolute atomic E-state index is 0.180. The Morgan fingerprint density at radius 2 is 2.05 bits per heavy atom. The standard InChI is InChI=1S/C15H19FN2S/c1-11-9-12(16)5-6-13(11)17-14-18-15(10-19-14)7-3-2-4-8-15/h5-6,9H,2-4,7-8,10H2,1H3,(H,17,18). The molecule has 1 heterocycles. The molecule has 0 amide bonds. The fraction of sp³-hybridized carbons (Fsp3) is 0.533. The SMILES string of the molecule is Cc1cc(F)ccc1NC1=NC2(CCCCC2)CS1. The van der Waals surface area contributed by atoms with E-state index in [2.05, 4.69) is 5.32 Å². The summed E-state index contributed by atoms with van der Waals surface area (Å²) < 4.78 is 13.1. The second kappa shape index (κ2) is 5.16. The van der Waals surface area contributed by atoms with Crippen LogP contribution in [0.5, 0.6) is 0 Å². The van der Waals surface area contributed by atoms with Crippen molar-refractivity contribution in [2.45, 2.75) is 44.6 Å². The van der Waals surface area contributed by atoms with Crippen LogP contribution in [0, 0.1) is 12.7 Å². The number of hydrogen-bond donors (Lipinski definition) is 1. The van der Waals surface area contributed by atoms with Crippen LogP contribution in [0.3, 0.4) is 0 Å². The van der Waals surface area contributed by atoms with E-state index in [1.165, 1.54) is 38.2 Å². The largest absolute Gasteiger partial charge is 0.335 e. The second-order valence-electron chi connectivity index (χ2n) is 5.57. The number of anilines is 1. The monoisotopic (exact) mass is 278 g/mol. The molecule has 3 rings (SSSR count). The van der Waals surface area contributed by atoms with Gasteiger partial charge in [0.1, 0.15) is 5.82 Å². The predicted octanol–water partition coefficient (Wildman–Crippen LogP) is 4.35. The van der Waals surface area contributed by atoms with E-state index in [1.807, 2.05) is 6.92 Å². The van der Waals surface area contributed by atoms with Crippen LogP contribution < -0.4 is 5.32 Å². The molecule has 4 heteroatoms. The van der Waals surface area contributed by atoms with Gasteiger partial charge in [-0.2, -0.15) is 0 Å². The molecule has 0 unspecified atom stereocenters. The number of aryl methyl sites for hydroxylation is 1. The molecule has 2 aliphatic rings. The van der Waals surface area contributed by atoms with Gasteiger partial charge in [-0.1, -0.05) is 31.0 Å². The molecule has 1 aromatic rings. The van der Waals surface area contributed by atoms with Gasteiger partial charge in [0.15, 0.2) is 5.17 Å². The third-order valence-electron chi connectivity index (χ3n) is 4.03. The molecule has 0 saturated heterocycles. The fourth-order valence-electron chi connectivity index (χ4n) is 2.90. The molecule has 19 heavy (non-hydrogen) atoms. The average Bonchev–Trinajstić information content (AvgIpc) is 2.77. The first-order valence-corrected chi connectivity index (χ1v) is 7.91. The minimum Gasteiger partial charge on any atom is -0.335 e. The van der Waals surface area contributed by atoms with Crippen molar-refractivity contribution < 1.29 is 4.39 Å². The summed E-state index contributed by atoms with van der Waals surface area (Å²) in [7, 11) is 0. The average molecular weight is 278 g/mol. The molecular formula is C15H19FN2S. The predicted molar refractivity (Wildman–Crippen MR) is 80.5 cm³/mol. The first-order valence-electron chi connectivity index (χ1n) is 6.93. The number of amidine groups is 1. The number of aliphatic imine (C=N–C) groups is 1. The number of halogens is 1. The van der Waals surface area contributed by atoms with Crippen molar-refractivity contribution in [2.75, 3.05) is 11.1 Å². The molecule has 102 valence electrons. The van der Waals surface area contributed by atoms with Crippen LogP contribution in [0.15, 0.2) is 23.2 Å². The van der Waals surface area contributed by atoms with Gasteiger partial charge in [-0.15, -0.1) is 0 Å². The number of nitrogens with zero attached hydrogens (tertiary/aromatic N) is 1. The van der Waals surface area contributed by atoms with Crippen LogP contribution in [-0.4, -0.2) is 16.5 Å². The minimum atomic E-state index is -0.187. The quantitative estimate of drug-likeness (QED) is 0.825. The molecule has 0 bridgehead atoms. The Hall–Kier alpha value is -1.03. The van der Waals surface area contributed by atoms with Gasteiger partial charge in [-0.05, 0) is 43.5 Å². The Kier molecular flexibility index (Phi) is 3.52. The van der Waals surface area contributed by atoms with Gasteiger partial charge in [-0.25, -0.2) is 4.39 Å². The van der Waals surface area contributed by atoms with Crippen molar-refractivity contribution in [1.82, 2.24) is 0 Å². The van der Waals surface area contributed by atoms with Crippen molar-refractivity contribution in [3.63, 3.8) is 0 Å². The van der Waals surface area contributed by atoms with Gasteiger partial charge < -0.3 is 5.32 Å². The molecule has 1 N–H and O–H groups in total. The summed E-state index contributed by atoms with van der Waals surface area (Å²) in [6, 6.07) is 4.84. The highest BCUT2D eigenvalue weighted by Gasteiger charge is 2.36. The lowest BCUT2D eigenvalue weighted by Crippen LogP contribution is -2.29. The van der Waals surface area contributed by atoms with Crippen molar-refractivity contribution >= 4 is 22.6 Å². The smallest absolute Gasteiger partial charge is 0.161 e. The van der Waals surface area contributed by atoms with Crippen LogP contribution in [0.25, 0.3) is 0 Å². The lowest BCUT2D eigenvalue weighted by molar-refractivity contribution is 0.335. The third-order valence-corrected chi connectivity index (χ3v) is 5.18. The summed E-state index contributed by atoms with van der Waals surface area (Å²) in [6.07, 6.45) is 6.38. The van der Waals surface area contributed by atoms with Gasteiger partial charge in [0.25, 0.3) is 0 Å². The molecule has 1 aliphatic carbocycles. The van der Waals surface area contributed by atoms with Crippen LogP contribution in [0.2, 0.25) is 0 Å². The second-order valence-corrected chi connectivity index (χ2v) is 6.54. The molecule has 0 radical (unpaired) electrons. The lowest BCUT2D eigenvalue weighted by atomic mass is 9.84. The maximum Gasteiger partial charge on any atom is 0.161 e. The zero-order valence-corrected chi connectivity index (χ0v) is 12.0. The van der Waals surface area contributed by atoms with Crippen LogP contribution in [0.1, 0.15) is 37.7 Å². The van der Waals surface area contributed by atoms with Gasteiger partial charge >= 0.3 is 0 Å². The van der Waals surface area contributed by atoms with E-state index in [0.29, 0.717) is 0 Å². The summed E-state index contributed by atoms with van der Waals surface area (Å²) in [4.78, 5) is 4.91. The lowest BCUT2D eigenvalue weighted by Gasteiger charge is -2.29. The molecule has 1 aromatic carbocycles. The van der Waals surface area contributed by atoms with Gasteiger partial charge in [0.2, 0.25) is 0 Å². The van der Waals surface area contributed by atoms with E-state index < -0.39 is 0 Å². The number of benzene rings is 1. The van der Waals surface area contributed by atoms with E-state index in [-0.39, 0.29) is 11.4 Å². The van der Waals surface area contributed by atoms with Crippen LogP contribution in [-0.2, 0) is 0 Å². The Labute approximate surface area is 117 Å². The van der Waals surface area contributed by atoms with Gasteiger partial charge in [0, 0.05) is 11.4 Å². The molecule has 1 aliphatic heterocycles. The summed E-state index contributed by atoms with van der Waals surface area (Å²) in [5.41, 5.74) is 2.06. The summed E-state index contributed by atoms with van der Waals surface area (Å²) >= 11 is 1.80. The Bertz CT molecular complexity index is 507. The van der Waals surface area contributed by atoms with E-state index in [0.717, 1.165) is 22.2 Å². The number of hydrogen-bond acceptors (Lipinski definition) is 3. The molecule has 2 nitrogen and oxygen atoms in total. The zero-order valence-electron chi connectivity index (χ0n) is 11.2. The Morgan fingerprint density at radius 1 is 1.26 bits per heavy atom. The van der Waals surface area contributed by atoms with Crippen molar-refractivity contribution in [3.8, 4) is 0 Å². The summed E-state index contributed by atoms with van der Waals surface area (Å²) in [5, 5.41) is 4.35. The first-order chi connectivity index (χ1) is 9.17. The van der Waals surface area contributed by atoms with E-state index in [9.17, 15) is 4.39 Å². The Balaban J connectivity index is 1.75. The highest BCUT2D eigenvalue weighted by molar-refractivity contribution is 8.14. The Morgan fingerprint density at radius 3 is 2.79 bits per heavy atom. The molecular weight excluding hydrogens is 259 g/mol. The maximum absolute atomic E-state index is 13.1. The highest BCUT2D eigenvalue weighted by Crippen LogP contribution is 2.40. The van der Waals surface area contributed by atoms with E-state index in [4.69, 9.17) is 4.99 Å². The van der Waals surface area contributed by atoms with Crippen LogP contribution in [0.4, 0.5) is 10.1 Å². The van der Waals surface area contributed by atoms with Gasteiger partial charge in [0.05, 0.1) is 5.54 Å². The normalized spacial score (nSPS) is 21.5. The van der Waals surface area contributed by atoms with Gasteiger partial charge in [-0.3, -0.25) is 4.99 Å². The van der Waals surface area contributed by atoms with Crippen LogP contribution >= 0.6 is 11.8 Å². The molecule has 0 aromatic heterocycles. The van der Waals surface area contributed by atoms with Crippen molar-refractivity contribution in [2.24, 2.45) is 4.99 Å². The number of nitrogens with one attached hydrogen (secondary N) is 1. The topological polar surface area (TPSA) is 24.4 Å². The molecule has 1 saturated carbocycles. The maximum atomic E-state index is 13.1. The van der Waals surface area contributed by atoms with Crippen molar-refractivity contribution in [3.05, 3.63) is 29.6 Å². The molecule has 1 fully saturated rings. The van der Waals surface area contributed by atoms with E-state index >= 15 is 0 Å². The number of thioether (sulfide) groups is 1. The van der Waals surface area contributed by atoms with E-state index in [1.54, 1.807) is 23.9 Å². The summed E-state index contributed by atoms with van der Waals surface area (Å²) in [5.74, 6) is 0.906.